The SMILES string of the molecule is Cc1cc(C)c(CC(O)c2ccc(Br)c(C)c2)c(C)c1. The van der Waals surface area contributed by atoms with E-state index in [1.807, 2.05) is 25.1 Å². The summed E-state index contributed by atoms with van der Waals surface area (Å²) in [6, 6.07) is 10.4. The standard InChI is InChI=1S/C18H21BrO/c1-11-7-12(2)16(13(3)8-11)10-18(20)15-5-6-17(19)14(4)9-15/h5-9,18,20H,10H2,1-4H3. The van der Waals surface area contributed by atoms with E-state index >= 15 is 0 Å². The summed E-state index contributed by atoms with van der Waals surface area (Å²) in [6.07, 6.45) is 0.209. The number of benzene rings is 2. The van der Waals surface area contributed by atoms with Crippen LogP contribution in [0.15, 0.2) is 34.8 Å². The van der Waals surface area contributed by atoms with Crippen LogP contribution >= 0.6 is 15.9 Å². The minimum absolute atomic E-state index is 0.457. The zero-order valence-corrected chi connectivity index (χ0v) is 14.1. The van der Waals surface area contributed by atoms with Crippen molar-refractivity contribution in [1.82, 2.24) is 0 Å². The molecule has 0 aromatic heterocycles. The predicted octanol–water partition coefficient (Wildman–Crippen LogP) is 4.96. The van der Waals surface area contributed by atoms with Gasteiger partial charge in [0.15, 0.2) is 0 Å². The number of aliphatic hydroxyl groups is 1. The second-order valence-corrected chi connectivity index (χ2v) is 6.46. The van der Waals surface area contributed by atoms with Crippen LogP contribution in [-0.2, 0) is 6.42 Å². The lowest BCUT2D eigenvalue weighted by molar-refractivity contribution is 0.178. The molecule has 0 aliphatic heterocycles. The maximum Gasteiger partial charge on any atom is 0.0830 e. The fourth-order valence-corrected chi connectivity index (χ4v) is 2.96. The average Bonchev–Trinajstić information content (AvgIpc) is 2.36. The predicted molar refractivity (Wildman–Crippen MR) is 88.2 cm³/mol. The van der Waals surface area contributed by atoms with E-state index in [1.165, 1.54) is 22.3 Å². The van der Waals surface area contributed by atoms with Crippen molar-refractivity contribution in [3.63, 3.8) is 0 Å². The number of hydrogen-bond donors (Lipinski definition) is 1. The molecule has 106 valence electrons. The van der Waals surface area contributed by atoms with Gasteiger partial charge in [-0.1, -0.05) is 45.8 Å². The van der Waals surface area contributed by atoms with Crippen molar-refractivity contribution in [3.05, 3.63) is 68.2 Å². The molecule has 0 amide bonds. The molecular weight excluding hydrogens is 312 g/mol. The fourth-order valence-electron chi connectivity index (χ4n) is 2.72. The largest absolute Gasteiger partial charge is 0.388 e. The summed E-state index contributed by atoms with van der Waals surface area (Å²) < 4.78 is 1.08. The summed E-state index contributed by atoms with van der Waals surface area (Å²) >= 11 is 3.49. The van der Waals surface area contributed by atoms with Gasteiger partial charge in [-0.05, 0) is 61.6 Å². The number of aryl methyl sites for hydroxylation is 4. The maximum atomic E-state index is 10.5. The van der Waals surface area contributed by atoms with Crippen LogP contribution in [0.4, 0.5) is 0 Å². The highest BCUT2D eigenvalue weighted by Gasteiger charge is 2.13. The summed E-state index contributed by atoms with van der Waals surface area (Å²) in [7, 11) is 0. The van der Waals surface area contributed by atoms with E-state index in [1.54, 1.807) is 0 Å². The van der Waals surface area contributed by atoms with Gasteiger partial charge >= 0.3 is 0 Å². The van der Waals surface area contributed by atoms with E-state index in [0.717, 1.165) is 15.6 Å². The van der Waals surface area contributed by atoms with Crippen molar-refractivity contribution in [1.29, 1.82) is 0 Å². The lowest BCUT2D eigenvalue weighted by Gasteiger charge is -2.17. The Morgan fingerprint density at radius 3 is 2.10 bits per heavy atom. The highest BCUT2D eigenvalue weighted by atomic mass is 79.9. The Kier molecular flexibility index (Phi) is 4.66. The highest BCUT2D eigenvalue weighted by Crippen LogP contribution is 2.26. The zero-order valence-electron chi connectivity index (χ0n) is 12.5. The Morgan fingerprint density at radius 2 is 1.55 bits per heavy atom. The van der Waals surface area contributed by atoms with Crippen LogP contribution in [0, 0.1) is 27.7 Å². The molecule has 2 rings (SSSR count). The molecule has 0 aliphatic carbocycles. The first-order valence-corrected chi connectivity index (χ1v) is 7.68. The van der Waals surface area contributed by atoms with E-state index in [4.69, 9.17) is 0 Å². The van der Waals surface area contributed by atoms with Crippen molar-refractivity contribution >= 4 is 15.9 Å². The van der Waals surface area contributed by atoms with Gasteiger partial charge < -0.3 is 5.11 Å². The van der Waals surface area contributed by atoms with E-state index < -0.39 is 6.10 Å². The maximum absolute atomic E-state index is 10.5. The lowest BCUT2D eigenvalue weighted by Crippen LogP contribution is -2.05. The van der Waals surface area contributed by atoms with Gasteiger partial charge in [-0.2, -0.15) is 0 Å². The fraction of sp³-hybridized carbons (Fsp3) is 0.333. The quantitative estimate of drug-likeness (QED) is 0.842. The van der Waals surface area contributed by atoms with Gasteiger partial charge in [0.1, 0.15) is 0 Å². The summed E-state index contributed by atoms with van der Waals surface area (Å²) in [5, 5.41) is 10.5. The summed E-state index contributed by atoms with van der Waals surface area (Å²) in [4.78, 5) is 0. The van der Waals surface area contributed by atoms with Gasteiger partial charge in [0.2, 0.25) is 0 Å². The molecule has 0 aliphatic rings. The molecular formula is C18H21BrO. The van der Waals surface area contributed by atoms with E-state index in [-0.39, 0.29) is 0 Å². The van der Waals surface area contributed by atoms with Gasteiger partial charge in [0.05, 0.1) is 6.10 Å². The van der Waals surface area contributed by atoms with Crippen LogP contribution in [0.1, 0.15) is 39.5 Å². The van der Waals surface area contributed by atoms with E-state index in [0.29, 0.717) is 6.42 Å². The van der Waals surface area contributed by atoms with Crippen LogP contribution in [0.5, 0.6) is 0 Å². The van der Waals surface area contributed by atoms with Crippen molar-refractivity contribution < 1.29 is 5.11 Å². The van der Waals surface area contributed by atoms with E-state index in [9.17, 15) is 5.11 Å². The van der Waals surface area contributed by atoms with Crippen LogP contribution in [-0.4, -0.2) is 5.11 Å². The molecule has 1 N–H and O–H groups in total. The normalized spacial score (nSPS) is 12.5. The Hall–Kier alpha value is -1.12. The lowest BCUT2D eigenvalue weighted by atomic mass is 9.92. The molecule has 2 aromatic rings. The molecule has 1 nitrogen and oxygen atoms in total. The minimum Gasteiger partial charge on any atom is -0.388 e. The topological polar surface area (TPSA) is 20.2 Å². The van der Waals surface area contributed by atoms with Crippen LogP contribution in [0.25, 0.3) is 0 Å². The molecule has 0 spiro atoms. The van der Waals surface area contributed by atoms with Crippen LogP contribution < -0.4 is 0 Å². The third-order valence-corrected chi connectivity index (χ3v) is 4.69. The Labute approximate surface area is 129 Å². The van der Waals surface area contributed by atoms with Gasteiger partial charge in [0, 0.05) is 10.9 Å². The van der Waals surface area contributed by atoms with E-state index in [2.05, 4.69) is 48.8 Å². The summed E-state index contributed by atoms with van der Waals surface area (Å²) in [5.41, 5.74) is 7.18. The first-order valence-electron chi connectivity index (χ1n) is 6.89. The monoisotopic (exact) mass is 332 g/mol. The molecule has 2 heteroatoms. The Balaban J connectivity index is 2.27. The summed E-state index contributed by atoms with van der Waals surface area (Å²) in [6.45, 7) is 8.39. The average molecular weight is 333 g/mol. The number of hydrogen-bond acceptors (Lipinski definition) is 1. The number of aliphatic hydroxyl groups excluding tert-OH is 1. The second kappa shape index (κ2) is 6.11. The molecule has 0 bridgehead atoms. The van der Waals surface area contributed by atoms with Gasteiger partial charge in [-0.15, -0.1) is 0 Å². The summed E-state index contributed by atoms with van der Waals surface area (Å²) in [5.74, 6) is 0. The highest BCUT2D eigenvalue weighted by molar-refractivity contribution is 9.10. The molecule has 0 fully saturated rings. The van der Waals surface area contributed by atoms with Crippen molar-refractivity contribution in [2.75, 3.05) is 0 Å². The molecule has 20 heavy (non-hydrogen) atoms. The molecule has 0 saturated carbocycles. The smallest absolute Gasteiger partial charge is 0.0830 e. The molecule has 0 radical (unpaired) electrons. The van der Waals surface area contributed by atoms with Crippen LogP contribution in [0.2, 0.25) is 0 Å². The van der Waals surface area contributed by atoms with Crippen molar-refractivity contribution in [2.24, 2.45) is 0 Å². The molecule has 1 atom stereocenters. The number of halogens is 1. The minimum atomic E-state index is -0.457. The zero-order chi connectivity index (χ0) is 14.9. The first-order chi connectivity index (χ1) is 9.38. The van der Waals surface area contributed by atoms with Gasteiger partial charge in [0.25, 0.3) is 0 Å². The van der Waals surface area contributed by atoms with Crippen LogP contribution in [0.3, 0.4) is 0 Å². The van der Waals surface area contributed by atoms with Gasteiger partial charge in [-0.25, -0.2) is 0 Å². The molecule has 1 unspecified atom stereocenters. The molecule has 0 saturated heterocycles. The Bertz CT molecular complexity index is 608. The third kappa shape index (κ3) is 3.31. The van der Waals surface area contributed by atoms with Crippen molar-refractivity contribution in [2.45, 2.75) is 40.2 Å². The van der Waals surface area contributed by atoms with Gasteiger partial charge in [-0.3, -0.25) is 0 Å². The Morgan fingerprint density at radius 1 is 0.950 bits per heavy atom. The second-order valence-electron chi connectivity index (χ2n) is 5.61. The molecule has 0 heterocycles. The van der Waals surface area contributed by atoms with Crippen molar-refractivity contribution in [3.8, 4) is 0 Å². The first kappa shape index (κ1) is 15.3. The number of rotatable bonds is 3. The molecule has 2 aromatic carbocycles. The third-order valence-electron chi connectivity index (χ3n) is 3.80.